The van der Waals surface area contributed by atoms with Crippen molar-refractivity contribution in [3.05, 3.63) is 64.7 Å². The third kappa shape index (κ3) is 4.37. The van der Waals surface area contributed by atoms with E-state index < -0.39 is 26.9 Å². The second kappa shape index (κ2) is 7.20. The summed E-state index contributed by atoms with van der Waals surface area (Å²) in [5.41, 5.74) is 0.0327. The van der Waals surface area contributed by atoms with Crippen LogP contribution in [-0.4, -0.2) is 25.3 Å². The molecule has 0 fully saturated rings. The van der Waals surface area contributed by atoms with Gasteiger partial charge in [0.05, 0.1) is 15.9 Å². The molecule has 0 bridgehead atoms. The van der Waals surface area contributed by atoms with Gasteiger partial charge in [-0.15, -0.1) is 0 Å². The third-order valence-corrected chi connectivity index (χ3v) is 4.66. The van der Waals surface area contributed by atoms with E-state index in [-0.39, 0.29) is 16.3 Å². The van der Waals surface area contributed by atoms with Crippen LogP contribution in [-0.2, 0) is 14.8 Å². The maximum absolute atomic E-state index is 12.2. The van der Waals surface area contributed by atoms with Gasteiger partial charge in [-0.05, 0) is 25.1 Å². The Bertz CT molecular complexity index is 852. The molecular weight excluding hydrogens is 334 g/mol. The van der Waals surface area contributed by atoms with Crippen molar-refractivity contribution in [2.75, 3.05) is 5.32 Å². The quantitative estimate of drug-likeness (QED) is 0.610. The van der Waals surface area contributed by atoms with Crippen LogP contribution in [0, 0.1) is 10.1 Å². The number of sulfonamides is 1. The highest BCUT2D eigenvalue weighted by Gasteiger charge is 2.22. The second-order valence-electron chi connectivity index (χ2n) is 4.95. The summed E-state index contributed by atoms with van der Waals surface area (Å²) in [6.45, 7) is 1.38. The average Bonchev–Trinajstić information content (AvgIpc) is 2.55. The van der Waals surface area contributed by atoms with Crippen molar-refractivity contribution in [3.63, 3.8) is 0 Å². The van der Waals surface area contributed by atoms with Crippen molar-refractivity contribution in [2.24, 2.45) is 0 Å². The number of hydrogen-bond acceptors (Lipinski definition) is 5. The van der Waals surface area contributed by atoms with E-state index in [1.807, 2.05) is 0 Å². The van der Waals surface area contributed by atoms with Gasteiger partial charge in [0.2, 0.25) is 15.9 Å². The van der Waals surface area contributed by atoms with Crippen molar-refractivity contribution in [2.45, 2.75) is 17.9 Å². The Kier molecular flexibility index (Phi) is 5.27. The first-order valence-electron chi connectivity index (χ1n) is 6.92. The van der Waals surface area contributed by atoms with Crippen molar-refractivity contribution >= 4 is 27.3 Å². The first-order chi connectivity index (χ1) is 11.3. The van der Waals surface area contributed by atoms with Crippen LogP contribution in [0.3, 0.4) is 0 Å². The van der Waals surface area contributed by atoms with E-state index in [0.29, 0.717) is 0 Å². The summed E-state index contributed by atoms with van der Waals surface area (Å²) < 4.78 is 26.6. The number of rotatable bonds is 6. The first-order valence-corrected chi connectivity index (χ1v) is 8.40. The van der Waals surface area contributed by atoms with E-state index in [0.717, 1.165) is 0 Å². The second-order valence-corrected chi connectivity index (χ2v) is 6.67. The molecule has 0 aliphatic heterocycles. The molecule has 0 saturated heterocycles. The number of nitrogens with zero attached hydrogens (tertiary/aromatic N) is 1. The van der Waals surface area contributed by atoms with Gasteiger partial charge in [-0.25, -0.2) is 8.42 Å². The zero-order valence-corrected chi connectivity index (χ0v) is 13.5. The number of anilines is 1. The summed E-state index contributed by atoms with van der Waals surface area (Å²) in [5, 5.41) is 13.2. The number of carbonyl (C=O) groups excluding carboxylic acids is 1. The molecule has 1 atom stereocenters. The predicted molar refractivity (Wildman–Crippen MR) is 88.0 cm³/mol. The molecule has 0 aromatic heterocycles. The number of nitro groups is 1. The summed E-state index contributed by atoms with van der Waals surface area (Å²) in [7, 11) is -3.84. The lowest BCUT2D eigenvalue weighted by atomic mass is 10.2. The van der Waals surface area contributed by atoms with Gasteiger partial charge in [0.15, 0.2) is 0 Å². The fraction of sp³-hybridized carbons (Fsp3) is 0.133. The van der Waals surface area contributed by atoms with Crippen LogP contribution in [0.25, 0.3) is 0 Å². The molecule has 0 aliphatic carbocycles. The van der Waals surface area contributed by atoms with Gasteiger partial charge in [0.1, 0.15) is 0 Å². The first kappa shape index (κ1) is 17.6. The van der Waals surface area contributed by atoms with Gasteiger partial charge in [-0.3, -0.25) is 14.9 Å². The number of amides is 1. The average molecular weight is 349 g/mol. The van der Waals surface area contributed by atoms with Crippen LogP contribution in [0.4, 0.5) is 11.4 Å². The molecule has 0 spiro atoms. The molecule has 0 saturated carbocycles. The number of carbonyl (C=O) groups is 1. The molecule has 1 unspecified atom stereocenters. The Morgan fingerprint density at radius 2 is 1.79 bits per heavy atom. The summed E-state index contributed by atoms with van der Waals surface area (Å²) in [6, 6.07) is 12.0. The van der Waals surface area contributed by atoms with Gasteiger partial charge in [0, 0.05) is 17.8 Å². The topological polar surface area (TPSA) is 118 Å². The minimum atomic E-state index is -3.84. The van der Waals surface area contributed by atoms with E-state index in [1.54, 1.807) is 18.2 Å². The van der Waals surface area contributed by atoms with Crippen LogP contribution < -0.4 is 10.0 Å². The molecule has 126 valence electrons. The van der Waals surface area contributed by atoms with E-state index >= 15 is 0 Å². The van der Waals surface area contributed by atoms with Crippen LogP contribution >= 0.6 is 0 Å². The maximum Gasteiger partial charge on any atom is 0.271 e. The molecule has 8 nitrogen and oxygen atoms in total. The van der Waals surface area contributed by atoms with Gasteiger partial charge < -0.3 is 5.32 Å². The molecule has 2 aromatic rings. The van der Waals surface area contributed by atoms with Crippen LogP contribution in [0.15, 0.2) is 59.5 Å². The number of non-ortho nitro benzene ring substituents is 1. The van der Waals surface area contributed by atoms with Crippen LogP contribution in [0.5, 0.6) is 0 Å². The normalized spacial score (nSPS) is 12.4. The van der Waals surface area contributed by atoms with Crippen molar-refractivity contribution < 1.29 is 18.1 Å². The molecule has 1 amide bonds. The summed E-state index contributed by atoms with van der Waals surface area (Å²) >= 11 is 0. The minimum absolute atomic E-state index is 0.0417. The Morgan fingerprint density at radius 1 is 1.12 bits per heavy atom. The Hall–Kier alpha value is -2.78. The van der Waals surface area contributed by atoms with Crippen LogP contribution in [0.2, 0.25) is 0 Å². The van der Waals surface area contributed by atoms with Gasteiger partial charge in [0.25, 0.3) is 5.69 Å². The molecule has 2 N–H and O–H groups in total. The third-order valence-electron chi connectivity index (χ3n) is 3.10. The lowest BCUT2D eigenvalue weighted by Gasteiger charge is -2.14. The monoisotopic (exact) mass is 349 g/mol. The van der Waals surface area contributed by atoms with E-state index in [4.69, 9.17) is 0 Å². The highest BCUT2D eigenvalue weighted by Crippen LogP contribution is 2.17. The fourth-order valence-corrected chi connectivity index (χ4v) is 3.13. The molecule has 2 rings (SSSR count). The van der Waals surface area contributed by atoms with E-state index in [9.17, 15) is 23.3 Å². The number of benzene rings is 2. The zero-order chi connectivity index (χ0) is 17.7. The minimum Gasteiger partial charge on any atom is -0.324 e. The van der Waals surface area contributed by atoms with E-state index in [2.05, 4.69) is 10.0 Å². The van der Waals surface area contributed by atoms with Gasteiger partial charge >= 0.3 is 0 Å². The molecule has 0 radical (unpaired) electrons. The maximum atomic E-state index is 12.2. The lowest BCUT2D eigenvalue weighted by Crippen LogP contribution is -2.41. The smallest absolute Gasteiger partial charge is 0.271 e. The van der Waals surface area contributed by atoms with Gasteiger partial charge in [-0.2, -0.15) is 4.72 Å². The lowest BCUT2D eigenvalue weighted by molar-refractivity contribution is -0.384. The molecule has 0 aliphatic rings. The molecule has 24 heavy (non-hydrogen) atoms. The zero-order valence-electron chi connectivity index (χ0n) is 12.7. The summed E-state index contributed by atoms with van der Waals surface area (Å²) in [5.74, 6) is -0.630. The van der Waals surface area contributed by atoms with Crippen molar-refractivity contribution in [1.29, 1.82) is 0 Å². The largest absolute Gasteiger partial charge is 0.324 e. The highest BCUT2D eigenvalue weighted by atomic mass is 32.2. The summed E-state index contributed by atoms with van der Waals surface area (Å²) in [6.07, 6.45) is 0. The highest BCUT2D eigenvalue weighted by molar-refractivity contribution is 7.89. The predicted octanol–water partition coefficient (Wildman–Crippen LogP) is 1.90. The van der Waals surface area contributed by atoms with Crippen molar-refractivity contribution in [1.82, 2.24) is 4.72 Å². The molecular formula is C15H15N3O5S. The standard InChI is InChI=1S/C15H15N3O5S/c1-11(17-24(22,23)14-8-3-2-4-9-14)15(19)16-12-6-5-7-13(10-12)18(20)21/h2-11,17H,1H3,(H,16,19). The van der Waals surface area contributed by atoms with Gasteiger partial charge in [-0.1, -0.05) is 24.3 Å². The fourth-order valence-electron chi connectivity index (χ4n) is 1.90. The number of nitrogens with one attached hydrogen (secondary N) is 2. The Balaban J connectivity index is 2.07. The molecule has 0 heterocycles. The number of nitro benzene ring substituents is 1. The number of hydrogen-bond donors (Lipinski definition) is 2. The Morgan fingerprint density at radius 3 is 2.42 bits per heavy atom. The van der Waals surface area contributed by atoms with Crippen molar-refractivity contribution in [3.8, 4) is 0 Å². The summed E-state index contributed by atoms with van der Waals surface area (Å²) in [4.78, 5) is 22.3. The molecule has 2 aromatic carbocycles. The SMILES string of the molecule is CC(NS(=O)(=O)c1ccccc1)C(=O)Nc1cccc([N+](=O)[O-])c1. The Labute approximate surface area is 138 Å². The molecule has 9 heteroatoms. The van der Waals surface area contributed by atoms with E-state index in [1.165, 1.54) is 43.3 Å². The van der Waals surface area contributed by atoms with Crippen LogP contribution in [0.1, 0.15) is 6.92 Å².